The molecule has 1 atom stereocenters. The highest BCUT2D eigenvalue weighted by atomic mass is 35.5. The van der Waals surface area contributed by atoms with Gasteiger partial charge in [-0.2, -0.15) is 0 Å². The van der Waals surface area contributed by atoms with E-state index in [1.54, 1.807) is 17.4 Å². The highest BCUT2D eigenvalue weighted by molar-refractivity contribution is 7.10. The summed E-state index contributed by atoms with van der Waals surface area (Å²) >= 11 is 13.5. The van der Waals surface area contributed by atoms with Crippen LogP contribution in [0.5, 0.6) is 0 Å². The first-order chi connectivity index (χ1) is 10.0. The van der Waals surface area contributed by atoms with Gasteiger partial charge in [0.25, 0.3) is 0 Å². The molecule has 112 valence electrons. The van der Waals surface area contributed by atoms with Gasteiger partial charge in [-0.25, -0.2) is 4.98 Å². The zero-order valence-electron chi connectivity index (χ0n) is 11.2. The molecule has 0 aliphatic carbocycles. The lowest BCUT2D eigenvalue weighted by Gasteiger charge is -2.18. The van der Waals surface area contributed by atoms with Crippen LogP contribution in [0.25, 0.3) is 0 Å². The Morgan fingerprint density at radius 1 is 1.48 bits per heavy atom. The van der Waals surface area contributed by atoms with E-state index >= 15 is 0 Å². The van der Waals surface area contributed by atoms with E-state index in [0.29, 0.717) is 12.1 Å². The van der Waals surface area contributed by atoms with Crippen LogP contribution in [0.3, 0.4) is 0 Å². The highest BCUT2D eigenvalue weighted by Crippen LogP contribution is 2.32. The Kier molecular flexibility index (Phi) is 5.39. The SMILES string of the molecule is CCC(Cc1sccc1Cl)Nc1ccnc(Cl)c1[N+](=O)[O-]. The summed E-state index contributed by atoms with van der Waals surface area (Å²) in [6.45, 7) is 2.01. The van der Waals surface area contributed by atoms with Crippen LogP contribution < -0.4 is 5.32 Å². The second kappa shape index (κ2) is 7.06. The monoisotopic (exact) mass is 345 g/mol. The molecule has 0 spiro atoms. The maximum atomic E-state index is 11.1. The Labute approximate surface area is 136 Å². The summed E-state index contributed by atoms with van der Waals surface area (Å²) in [6, 6.07) is 3.43. The summed E-state index contributed by atoms with van der Waals surface area (Å²) in [4.78, 5) is 15.4. The molecule has 2 aromatic rings. The van der Waals surface area contributed by atoms with Crippen molar-refractivity contribution >= 4 is 45.9 Å². The van der Waals surface area contributed by atoms with Gasteiger partial charge in [0.1, 0.15) is 5.69 Å². The molecule has 21 heavy (non-hydrogen) atoms. The van der Waals surface area contributed by atoms with E-state index in [4.69, 9.17) is 23.2 Å². The van der Waals surface area contributed by atoms with Crippen LogP contribution >= 0.6 is 34.5 Å². The number of rotatable bonds is 6. The largest absolute Gasteiger partial charge is 0.376 e. The summed E-state index contributed by atoms with van der Waals surface area (Å²) in [5.74, 6) is 0. The molecule has 0 radical (unpaired) electrons. The predicted molar refractivity (Wildman–Crippen MR) is 86.6 cm³/mol. The summed E-state index contributed by atoms with van der Waals surface area (Å²) in [6.07, 6.45) is 2.94. The molecule has 0 aliphatic rings. The maximum Gasteiger partial charge on any atom is 0.329 e. The van der Waals surface area contributed by atoms with Gasteiger partial charge < -0.3 is 5.32 Å². The van der Waals surface area contributed by atoms with E-state index in [-0.39, 0.29) is 16.9 Å². The van der Waals surface area contributed by atoms with Gasteiger partial charge in [-0.3, -0.25) is 10.1 Å². The fourth-order valence-corrected chi connectivity index (χ4v) is 3.35. The van der Waals surface area contributed by atoms with Gasteiger partial charge in [0.05, 0.1) is 9.95 Å². The van der Waals surface area contributed by atoms with Gasteiger partial charge in [0, 0.05) is 23.5 Å². The lowest BCUT2D eigenvalue weighted by molar-refractivity contribution is -0.384. The van der Waals surface area contributed by atoms with Crippen molar-refractivity contribution in [1.82, 2.24) is 4.98 Å². The van der Waals surface area contributed by atoms with Crippen molar-refractivity contribution in [2.75, 3.05) is 5.32 Å². The number of nitrogens with one attached hydrogen (secondary N) is 1. The lowest BCUT2D eigenvalue weighted by Crippen LogP contribution is -2.21. The Hall–Kier alpha value is -1.37. The molecule has 5 nitrogen and oxygen atoms in total. The number of pyridine rings is 1. The van der Waals surface area contributed by atoms with Crippen LogP contribution in [-0.4, -0.2) is 15.9 Å². The van der Waals surface area contributed by atoms with Crippen LogP contribution in [0.4, 0.5) is 11.4 Å². The maximum absolute atomic E-state index is 11.1. The topological polar surface area (TPSA) is 68.1 Å². The average Bonchev–Trinajstić information content (AvgIpc) is 2.83. The van der Waals surface area contributed by atoms with Crippen molar-refractivity contribution in [3.05, 3.63) is 48.9 Å². The van der Waals surface area contributed by atoms with E-state index in [1.165, 1.54) is 6.20 Å². The number of nitrogens with zero attached hydrogens (tertiary/aromatic N) is 2. The Bertz CT molecular complexity index is 648. The van der Waals surface area contributed by atoms with E-state index < -0.39 is 4.92 Å². The predicted octanol–water partition coefficient (Wildman–Crippen LogP) is 4.79. The Balaban J connectivity index is 2.21. The lowest BCUT2D eigenvalue weighted by atomic mass is 10.1. The molecular formula is C13H13Cl2N3O2S. The molecule has 2 heterocycles. The zero-order chi connectivity index (χ0) is 15.4. The first-order valence-electron chi connectivity index (χ1n) is 6.30. The van der Waals surface area contributed by atoms with Crippen LogP contribution in [0.15, 0.2) is 23.7 Å². The molecule has 1 unspecified atom stereocenters. The van der Waals surface area contributed by atoms with Crippen molar-refractivity contribution in [2.45, 2.75) is 25.8 Å². The normalized spacial score (nSPS) is 12.1. The average molecular weight is 346 g/mol. The van der Waals surface area contributed by atoms with Crippen molar-refractivity contribution < 1.29 is 4.92 Å². The zero-order valence-corrected chi connectivity index (χ0v) is 13.5. The van der Waals surface area contributed by atoms with E-state index in [2.05, 4.69) is 10.3 Å². The number of thiophene rings is 1. The number of nitro groups is 1. The summed E-state index contributed by atoms with van der Waals surface area (Å²) in [7, 11) is 0. The highest BCUT2D eigenvalue weighted by Gasteiger charge is 2.22. The fourth-order valence-electron chi connectivity index (χ4n) is 1.93. The van der Waals surface area contributed by atoms with E-state index in [0.717, 1.165) is 16.3 Å². The molecule has 0 bridgehead atoms. The molecule has 2 rings (SSSR count). The van der Waals surface area contributed by atoms with Crippen LogP contribution in [0, 0.1) is 10.1 Å². The quantitative estimate of drug-likeness (QED) is 0.464. The van der Waals surface area contributed by atoms with Crippen molar-refractivity contribution in [2.24, 2.45) is 0 Å². The minimum atomic E-state index is -0.525. The molecule has 0 fully saturated rings. The second-order valence-corrected chi connectivity index (χ2v) is 6.17. The molecule has 0 saturated heterocycles. The third-order valence-electron chi connectivity index (χ3n) is 3.04. The number of aromatic nitrogens is 1. The molecule has 1 N–H and O–H groups in total. The Morgan fingerprint density at radius 3 is 2.81 bits per heavy atom. The van der Waals surface area contributed by atoms with Gasteiger partial charge in [0.2, 0.25) is 5.15 Å². The third-order valence-corrected chi connectivity index (χ3v) is 4.72. The van der Waals surface area contributed by atoms with Gasteiger partial charge in [0.15, 0.2) is 0 Å². The molecule has 0 amide bonds. The molecule has 8 heteroatoms. The number of anilines is 1. The first-order valence-corrected chi connectivity index (χ1v) is 7.93. The summed E-state index contributed by atoms with van der Waals surface area (Å²) in [5.41, 5.74) is 0.175. The second-order valence-electron chi connectivity index (χ2n) is 4.40. The van der Waals surface area contributed by atoms with Crippen LogP contribution in [-0.2, 0) is 6.42 Å². The van der Waals surface area contributed by atoms with Gasteiger partial charge in [-0.05, 0) is 23.9 Å². The first kappa shape index (κ1) is 16.0. The third kappa shape index (κ3) is 3.84. The van der Waals surface area contributed by atoms with Crippen molar-refractivity contribution in [3.8, 4) is 0 Å². The smallest absolute Gasteiger partial charge is 0.329 e. The fraction of sp³-hybridized carbons (Fsp3) is 0.308. The van der Waals surface area contributed by atoms with E-state index in [9.17, 15) is 10.1 Å². The van der Waals surface area contributed by atoms with Gasteiger partial charge in [-0.15, -0.1) is 11.3 Å². The van der Waals surface area contributed by atoms with Crippen LogP contribution in [0.2, 0.25) is 10.2 Å². The minimum absolute atomic E-state index is 0.0262. The van der Waals surface area contributed by atoms with Gasteiger partial charge >= 0.3 is 5.69 Å². The summed E-state index contributed by atoms with van der Waals surface area (Å²) < 4.78 is 0. The minimum Gasteiger partial charge on any atom is -0.376 e. The molecule has 0 aliphatic heterocycles. The summed E-state index contributed by atoms with van der Waals surface area (Å²) in [5, 5.41) is 16.8. The molecular weight excluding hydrogens is 333 g/mol. The molecule has 0 saturated carbocycles. The molecule has 0 aromatic carbocycles. The number of halogens is 2. The number of hydrogen-bond acceptors (Lipinski definition) is 5. The standard InChI is InChI=1S/C13H13Cl2N3O2S/c1-2-8(7-11-9(14)4-6-21-11)17-10-3-5-16-13(15)12(10)18(19)20/h3-6,8H,2,7H2,1H3,(H,16,17). The van der Waals surface area contributed by atoms with Crippen molar-refractivity contribution in [1.29, 1.82) is 0 Å². The van der Waals surface area contributed by atoms with E-state index in [1.807, 2.05) is 18.4 Å². The molecule has 2 aromatic heterocycles. The number of hydrogen-bond donors (Lipinski definition) is 1. The van der Waals surface area contributed by atoms with Crippen LogP contribution in [0.1, 0.15) is 18.2 Å². The van der Waals surface area contributed by atoms with Gasteiger partial charge in [-0.1, -0.05) is 30.1 Å². The Morgan fingerprint density at radius 2 is 2.24 bits per heavy atom. The van der Waals surface area contributed by atoms with Crippen molar-refractivity contribution in [3.63, 3.8) is 0 Å².